The summed E-state index contributed by atoms with van der Waals surface area (Å²) < 4.78 is 96.3. The number of hydrogen-bond acceptors (Lipinski definition) is 4. The molecule has 0 aliphatic carbocycles. The second-order valence-corrected chi connectivity index (χ2v) is 5.40. The number of rotatable bonds is 3. The van der Waals surface area contributed by atoms with E-state index in [1.54, 1.807) is 4.72 Å². The van der Waals surface area contributed by atoms with Gasteiger partial charge >= 0.3 is 0 Å². The summed E-state index contributed by atoms with van der Waals surface area (Å²) in [7, 11) is -7.81. The quantitative estimate of drug-likeness (QED) is 0.509. The Labute approximate surface area is 101 Å². The van der Waals surface area contributed by atoms with Crippen LogP contribution in [0, 0.1) is 23.3 Å². The first-order chi connectivity index (χ1) is 8.07. The van der Waals surface area contributed by atoms with Crippen molar-refractivity contribution in [3.63, 3.8) is 0 Å². The van der Waals surface area contributed by atoms with Gasteiger partial charge in [0.2, 0.25) is 0 Å². The molecule has 18 heavy (non-hydrogen) atoms. The number of halogens is 4. The molecule has 1 N–H and O–H groups in total. The van der Waals surface area contributed by atoms with Crippen molar-refractivity contribution >= 4 is 26.8 Å². The molecule has 1 atom stereocenters. The zero-order valence-corrected chi connectivity index (χ0v) is 10.1. The Morgan fingerprint density at radius 2 is 1.44 bits per heavy atom. The first-order valence-electron chi connectivity index (χ1n) is 3.99. The van der Waals surface area contributed by atoms with Gasteiger partial charge in [-0.3, -0.25) is 4.72 Å². The molecule has 0 aliphatic rings. The fourth-order valence-electron chi connectivity index (χ4n) is 1.06. The van der Waals surface area contributed by atoms with Crippen molar-refractivity contribution in [2.45, 2.75) is 4.90 Å². The number of nitrogens with one attached hydrogen (secondary N) is 1. The Kier molecular flexibility index (Phi) is 3.98. The Hall–Kier alpha value is -1.20. The summed E-state index contributed by atoms with van der Waals surface area (Å²) in [5.41, 5.74) is -1.46. The van der Waals surface area contributed by atoms with Gasteiger partial charge in [-0.25, -0.2) is 30.2 Å². The van der Waals surface area contributed by atoms with E-state index in [2.05, 4.69) is 0 Å². The van der Waals surface area contributed by atoms with Crippen LogP contribution in [0.15, 0.2) is 4.90 Å². The third-order valence-corrected chi connectivity index (χ3v) is 3.07. The maximum atomic E-state index is 13.2. The fourth-order valence-corrected chi connectivity index (χ4v) is 2.15. The molecule has 0 saturated heterocycles. The number of benzene rings is 1. The molecule has 0 aromatic heterocycles. The summed E-state index contributed by atoms with van der Waals surface area (Å²) in [6.07, 6.45) is 0.910. The third-order valence-electron chi connectivity index (χ3n) is 1.72. The van der Waals surface area contributed by atoms with Crippen LogP contribution in [-0.4, -0.2) is 23.4 Å². The van der Waals surface area contributed by atoms with E-state index in [-0.39, 0.29) is 0 Å². The highest BCUT2D eigenvalue weighted by atomic mass is 32.2. The predicted octanol–water partition coefficient (Wildman–Crippen LogP) is 0.853. The van der Waals surface area contributed by atoms with Gasteiger partial charge in [-0.2, -0.15) is 0 Å². The normalized spacial score (nSPS) is 13.4. The molecule has 1 aromatic rings. The second kappa shape index (κ2) is 4.82. The molecule has 0 spiro atoms. The molecule has 102 valence electrons. The summed E-state index contributed by atoms with van der Waals surface area (Å²) in [4.78, 5) is -2.26. The van der Waals surface area contributed by atoms with Crippen LogP contribution in [0.3, 0.4) is 0 Å². The molecule has 5 nitrogen and oxygen atoms in total. The molecule has 0 amide bonds. The minimum atomic E-state index is -5.74. The monoisotopic (exact) mass is 306 g/mol. The van der Waals surface area contributed by atoms with Crippen molar-refractivity contribution in [1.82, 2.24) is 0 Å². The van der Waals surface area contributed by atoms with E-state index in [1.165, 1.54) is 0 Å². The molecule has 1 aromatic carbocycles. The second-order valence-electron chi connectivity index (χ2n) is 2.97. The topological polar surface area (TPSA) is 86.3 Å². The molecule has 11 heteroatoms. The largest absolute Gasteiger partial charge is 0.744 e. The fraction of sp³-hybridized carbons (Fsp3) is 0.143. The van der Waals surface area contributed by atoms with Crippen molar-refractivity contribution in [2.75, 3.05) is 11.0 Å². The summed E-state index contributed by atoms with van der Waals surface area (Å²) in [6.45, 7) is 0. The van der Waals surface area contributed by atoms with Gasteiger partial charge in [-0.05, 0) is 0 Å². The van der Waals surface area contributed by atoms with Gasteiger partial charge < -0.3 is 4.55 Å². The average Bonchev–Trinajstić information content (AvgIpc) is 2.19. The lowest BCUT2D eigenvalue weighted by molar-refractivity contribution is 0.402. The van der Waals surface area contributed by atoms with Gasteiger partial charge in [-0.1, -0.05) is 0 Å². The summed E-state index contributed by atoms with van der Waals surface area (Å²) in [6, 6.07) is 0. The van der Waals surface area contributed by atoms with E-state index >= 15 is 0 Å². The molecular weight excluding hydrogens is 302 g/mol. The van der Waals surface area contributed by atoms with E-state index in [9.17, 15) is 34.7 Å². The molecule has 0 heterocycles. The molecule has 0 aliphatic heterocycles. The van der Waals surface area contributed by atoms with E-state index in [4.69, 9.17) is 0 Å². The predicted molar refractivity (Wildman–Crippen MR) is 51.9 cm³/mol. The number of hydrogen-bond donors (Lipinski definition) is 1. The highest BCUT2D eigenvalue weighted by Gasteiger charge is 2.29. The molecule has 1 unspecified atom stereocenters. The van der Waals surface area contributed by atoms with Crippen LogP contribution in [0.2, 0.25) is 0 Å². The summed E-state index contributed by atoms with van der Waals surface area (Å²) in [5, 5.41) is 0. The van der Waals surface area contributed by atoms with Gasteiger partial charge in [0.1, 0.15) is 31.7 Å². The lowest BCUT2D eigenvalue weighted by atomic mass is 10.2. The minimum absolute atomic E-state index is 0.910. The van der Waals surface area contributed by atoms with Gasteiger partial charge in [0.05, 0.1) is 0 Å². The summed E-state index contributed by atoms with van der Waals surface area (Å²) >= 11 is 0. The van der Waals surface area contributed by atoms with Crippen molar-refractivity contribution < 1.29 is 34.7 Å². The molecule has 0 bridgehead atoms. The highest BCUT2D eigenvalue weighted by Crippen LogP contribution is 2.30. The molecule has 1 rings (SSSR count). The van der Waals surface area contributed by atoms with Crippen LogP contribution < -0.4 is 4.72 Å². The zero-order chi connectivity index (χ0) is 14.2. The van der Waals surface area contributed by atoms with Gasteiger partial charge in [0.15, 0.2) is 23.3 Å². The average molecular weight is 306 g/mol. The Morgan fingerprint density at radius 3 is 1.72 bits per heavy atom. The zero-order valence-electron chi connectivity index (χ0n) is 8.46. The smallest absolute Gasteiger partial charge is 0.187 e. The van der Waals surface area contributed by atoms with Crippen LogP contribution >= 0.6 is 0 Å². The Bertz CT molecular complexity index is 602. The Balaban J connectivity index is 3.72. The van der Waals surface area contributed by atoms with E-state index in [1.807, 2.05) is 0 Å². The van der Waals surface area contributed by atoms with Crippen LogP contribution in [0.1, 0.15) is 0 Å². The molecule has 0 saturated carbocycles. The highest BCUT2D eigenvalue weighted by molar-refractivity contribution is 7.86. The Morgan fingerprint density at radius 1 is 1.06 bits per heavy atom. The van der Waals surface area contributed by atoms with Crippen molar-refractivity contribution in [3.8, 4) is 0 Å². The van der Waals surface area contributed by atoms with Crippen LogP contribution in [-0.2, 0) is 21.1 Å². The molecular formula is C7H4F4NO4S2-. The van der Waals surface area contributed by atoms with Crippen molar-refractivity contribution in [3.05, 3.63) is 23.3 Å². The maximum Gasteiger partial charge on any atom is 0.187 e. The first-order valence-corrected chi connectivity index (χ1v) is 6.96. The lowest BCUT2D eigenvalue weighted by Gasteiger charge is -2.14. The maximum absolute atomic E-state index is 13.2. The van der Waals surface area contributed by atoms with E-state index < -0.39 is 55.0 Å². The lowest BCUT2D eigenvalue weighted by Crippen LogP contribution is -2.14. The minimum Gasteiger partial charge on any atom is -0.744 e. The number of anilines is 1. The van der Waals surface area contributed by atoms with Gasteiger partial charge in [0, 0.05) is 6.26 Å². The van der Waals surface area contributed by atoms with Crippen molar-refractivity contribution in [1.29, 1.82) is 0 Å². The van der Waals surface area contributed by atoms with Crippen LogP contribution in [0.4, 0.5) is 23.2 Å². The van der Waals surface area contributed by atoms with Gasteiger partial charge in [0.25, 0.3) is 0 Å². The standard InChI is InChI=1S/C7H5F4NO4S2/c1-17(13)12-6-2(8)4(10)7(18(14,15)16)5(11)3(6)9/h12H,1H3,(H,14,15,16)/p-1. The van der Waals surface area contributed by atoms with E-state index in [0.29, 0.717) is 0 Å². The van der Waals surface area contributed by atoms with Crippen LogP contribution in [0.5, 0.6) is 0 Å². The third kappa shape index (κ3) is 2.62. The van der Waals surface area contributed by atoms with Crippen molar-refractivity contribution in [2.24, 2.45) is 0 Å². The molecule has 0 radical (unpaired) electrons. The first kappa shape index (κ1) is 14.9. The SMILES string of the molecule is CS(=O)Nc1c(F)c(F)c(S(=O)(=O)[O-])c(F)c1F. The van der Waals surface area contributed by atoms with Crippen LogP contribution in [0.25, 0.3) is 0 Å². The summed E-state index contributed by atoms with van der Waals surface area (Å²) in [5.74, 6) is -9.06. The van der Waals surface area contributed by atoms with Gasteiger partial charge in [-0.15, -0.1) is 0 Å². The van der Waals surface area contributed by atoms with E-state index in [0.717, 1.165) is 6.26 Å². The molecule has 0 fully saturated rings.